The number of rotatable bonds is 4. The minimum atomic E-state index is -0.0720. The Kier molecular flexibility index (Phi) is 4.96. The van der Waals surface area contributed by atoms with Crippen molar-refractivity contribution < 1.29 is 4.74 Å². The van der Waals surface area contributed by atoms with Gasteiger partial charge in [-0.15, -0.1) is 0 Å². The summed E-state index contributed by atoms with van der Waals surface area (Å²) < 4.78 is 8.00. The summed E-state index contributed by atoms with van der Waals surface area (Å²) in [6.07, 6.45) is 1.60. The van der Waals surface area contributed by atoms with E-state index in [1.807, 2.05) is 48.1 Å². The monoisotopic (exact) mass is 397 g/mol. The second-order valence-electron chi connectivity index (χ2n) is 8.23. The first kappa shape index (κ1) is 19.6. The lowest BCUT2D eigenvalue weighted by Crippen LogP contribution is -2.12. The van der Waals surface area contributed by atoms with Crippen molar-refractivity contribution in [3.05, 3.63) is 71.7 Å². The predicted molar refractivity (Wildman–Crippen MR) is 116 cm³/mol. The number of nitrogens with zero attached hydrogens (tertiary/aromatic N) is 5. The molecule has 150 valence electrons. The molecular formula is C24H23N5O. The van der Waals surface area contributed by atoms with E-state index in [1.165, 1.54) is 0 Å². The van der Waals surface area contributed by atoms with Crippen LogP contribution in [-0.2, 0) is 19.1 Å². The number of pyridine rings is 2. The van der Waals surface area contributed by atoms with E-state index < -0.39 is 0 Å². The summed E-state index contributed by atoms with van der Waals surface area (Å²) in [5, 5.41) is 14.8. The van der Waals surface area contributed by atoms with E-state index in [2.05, 4.69) is 43.0 Å². The fraction of sp³-hybridized carbons (Fsp3) is 0.250. The average Bonchev–Trinajstić information content (AvgIpc) is 3.14. The Morgan fingerprint density at radius 2 is 1.87 bits per heavy atom. The van der Waals surface area contributed by atoms with Gasteiger partial charge in [0.05, 0.1) is 28.0 Å². The first-order valence-corrected chi connectivity index (χ1v) is 9.78. The highest BCUT2D eigenvalue weighted by atomic mass is 16.5. The Morgan fingerprint density at radius 3 is 2.53 bits per heavy atom. The summed E-state index contributed by atoms with van der Waals surface area (Å²) in [6.45, 7) is 6.78. The van der Waals surface area contributed by atoms with Crippen LogP contribution in [0, 0.1) is 11.3 Å². The molecule has 0 N–H and O–H groups in total. The highest BCUT2D eigenvalue weighted by Crippen LogP contribution is 2.33. The lowest BCUT2D eigenvalue weighted by atomic mass is 9.92. The summed E-state index contributed by atoms with van der Waals surface area (Å²) in [5.41, 5.74) is 4.56. The highest BCUT2D eigenvalue weighted by Gasteiger charge is 2.21. The molecule has 0 fully saturated rings. The molecule has 0 aliphatic rings. The van der Waals surface area contributed by atoms with Gasteiger partial charge in [0.15, 0.2) is 5.69 Å². The van der Waals surface area contributed by atoms with Gasteiger partial charge in [0, 0.05) is 24.7 Å². The zero-order valence-electron chi connectivity index (χ0n) is 17.5. The molecule has 0 unspecified atom stereocenters. The second-order valence-corrected chi connectivity index (χ2v) is 8.23. The Labute approximate surface area is 175 Å². The van der Waals surface area contributed by atoms with Gasteiger partial charge in [-0.2, -0.15) is 10.4 Å². The number of aromatic nitrogens is 4. The van der Waals surface area contributed by atoms with Gasteiger partial charge in [0.2, 0.25) is 0 Å². The van der Waals surface area contributed by atoms with Gasteiger partial charge >= 0.3 is 0 Å². The molecule has 3 heterocycles. The summed E-state index contributed by atoms with van der Waals surface area (Å²) in [6, 6.07) is 17.8. The van der Waals surface area contributed by atoms with Crippen LogP contribution >= 0.6 is 0 Å². The maximum Gasteiger partial charge on any atom is 0.153 e. The third-order valence-corrected chi connectivity index (χ3v) is 4.94. The Morgan fingerprint density at radius 1 is 1.10 bits per heavy atom. The highest BCUT2D eigenvalue weighted by molar-refractivity contribution is 5.91. The largest absolute Gasteiger partial charge is 0.488 e. The lowest BCUT2D eigenvalue weighted by molar-refractivity contribution is 0.310. The molecule has 0 saturated carbocycles. The van der Waals surface area contributed by atoms with E-state index in [0.717, 1.165) is 22.6 Å². The molecule has 1 aromatic carbocycles. The number of hydrogen-bond acceptors (Lipinski definition) is 5. The van der Waals surface area contributed by atoms with E-state index in [1.54, 1.807) is 12.3 Å². The van der Waals surface area contributed by atoms with E-state index in [0.29, 0.717) is 29.0 Å². The first-order chi connectivity index (χ1) is 14.4. The van der Waals surface area contributed by atoms with Crippen molar-refractivity contribution in [2.45, 2.75) is 32.8 Å². The molecule has 6 nitrogen and oxygen atoms in total. The summed E-state index contributed by atoms with van der Waals surface area (Å²) in [5.74, 6) is 0.585. The summed E-state index contributed by atoms with van der Waals surface area (Å²) in [4.78, 5) is 8.99. The van der Waals surface area contributed by atoms with Crippen LogP contribution in [0.25, 0.3) is 22.3 Å². The molecule has 0 radical (unpaired) electrons. The molecule has 0 aliphatic heterocycles. The molecule has 0 bridgehead atoms. The van der Waals surface area contributed by atoms with Crippen molar-refractivity contribution in [2.75, 3.05) is 0 Å². The number of hydrogen-bond donors (Lipinski definition) is 0. The minimum absolute atomic E-state index is 0.0720. The average molecular weight is 397 g/mol. The number of aryl methyl sites for hydroxylation is 1. The van der Waals surface area contributed by atoms with Gasteiger partial charge in [-0.25, -0.2) is 9.97 Å². The Hall–Kier alpha value is -3.72. The van der Waals surface area contributed by atoms with Crippen LogP contribution in [0.5, 0.6) is 5.75 Å². The van der Waals surface area contributed by atoms with E-state index >= 15 is 0 Å². The van der Waals surface area contributed by atoms with Crippen molar-refractivity contribution in [2.24, 2.45) is 7.05 Å². The van der Waals surface area contributed by atoms with Crippen molar-refractivity contribution in [3.63, 3.8) is 0 Å². The molecular weight excluding hydrogens is 374 g/mol. The summed E-state index contributed by atoms with van der Waals surface area (Å²) in [7, 11) is 1.91. The zero-order valence-corrected chi connectivity index (χ0v) is 17.5. The lowest BCUT2D eigenvalue weighted by Gasteiger charge is -2.13. The van der Waals surface area contributed by atoms with Crippen molar-refractivity contribution in [3.8, 4) is 23.2 Å². The van der Waals surface area contributed by atoms with E-state index in [9.17, 15) is 5.26 Å². The number of ether oxygens (including phenoxy) is 1. The molecule has 0 saturated heterocycles. The van der Waals surface area contributed by atoms with Gasteiger partial charge in [0.1, 0.15) is 18.4 Å². The fourth-order valence-electron chi connectivity index (χ4n) is 3.28. The smallest absolute Gasteiger partial charge is 0.153 e. The van der Waals surface area contributed by atoms with Crippen molar-refractivity contribution in [1.29, 1.82) is 5.26 Å². The molecule has 30 heavy (non-hydrogen) atoms. The number of nitriles is 1. The summed E-state index contributed by atoms with van der Waals surface area (Å²) >= 11 is 0. The maximum absolute atomic E-state index is 9.56. The van der Waals surface area contributed by atoms with Gasteiger partial charge in [-0.1, -0.05) is 51.1 Å². The van der Waals surface area contributed by atoms with Crippen LogP contribution in [0.1, 0.15) is 37.7 Å². The van der Waals surface area contributed by atoms with Crippen LogP contribution in [0.3, 0.4) is 0 Å². The minimum Gasteiger partial charge on any atom is -0.488 e. The second kappa shape index (κ2) is 7.60. The molecule has 0 spiro atoms. The zero-order chi connectivity index (χ0) is 21.3. The third-order valence-electron chi connectivity index (χ3n) is 4.94. The third kappa shape index (κ3) is 3.74. The van der Waals surface area contributed by atoms with Crippen LogP contribution < -0.4 is 4.74 Å². The maximum atomic E-state index is 9.56. The fourth-order valence-corrected chi connectivity index (χ4v) is 3.28. The standard InChI is InChI=1S/C24H23N5O/c1-24(2,3)22-13-20(29(4)28-22)18-12-21(30-15-16-8-6-5-7-9-16)23-17(27-18)10-11-26-19(23)14-25/h5-13H,15H2,1-4H3. The quantitative estimate of drug-likeness (QED) is 0.495. The van der Waals surface area contributed by atoms with Crippen LogP contribution in [0.2, 0.25) is 0 Å². The van der Waals surface area contributed by atoms with Gasteiger partial charge < -0.3 is 4.74 Å². The number of fused-ring (bicyclic) bond motifs is 1. The molecule has 4 rings (SSSR count). The Bertz CT molecular complexity index is 1250. The molecule has 0 aliphatic carbocycles. The first-order valence-electron chi connectivity index (χ1n) is 9.78. The number of benzene rings is 1. The van der Waals surface area contributed by atoms with Crippen LogP contribution in [0.15, 0.2) is 54.7 Å². The van der Waals surface area contributed by atoms with Gasteiger partial charge in [0.25, 0.3) is 0 Å². The Balaban J connectivity index is 1.85. The van der Waals surface area contributed by atoms with Crippen molar-refractivity contribution >= 4 is 10.9 Å². The molecule has 3 aromatic heterocycles. The molecule has 4 aromatic rings. The van der Waals surface area contributed by atoms with Crippen LogP contribution in [-0.4, -0.2) is 19.7 Å². The molecule has 6 heteroatoms. The van der Waals surface area contributed by atoms with Gasteiger partial charge in [-0.05, 0) is 17.7 Å². The molecule has 0 amide bonds. The van der Waals surface area contributed by atoms with Crippen LogP contribution in [0.4, 0.5) is 0 Å². The van der Waals surface area contributed by atoms with E-state index in [4.69, 9.17) is 9.72 Å². The molecule has 0 atom stereocenters. The SMILES string of the molecule is Cn1nc(C(C)(C)C)cc1-c1cc(OCc2ccccc2)c2c(C#N)nccc2n1. The van der Waals surface area contributed by atoms with Gasteiger partial charge in [-0.3, -0.25) is 4.68 Å². The van der Waals surface area contributed by atoms with E-state index in [-0.39, 0.29) is 5.41 Å². The normalized spacial score (nSPS) is 11.4. The van der Waals surface area contributed by atoms with Crippen molar-refractivity contribution in [1.82, 2.24) is 19.7 Å². The predicted octanol–water partition coefficient (Wildman–Crippen LogP) is 4.78. The topological polar surface area (TPSA) is 76.6 Å².